The molecule has 0 spiro atoms. The van der Waals surface area contributed by atoms with Gasteiger partial charge in [0.15, 0.2) is 5.82 Å². The zero-order valence-electron chi connectivity index (χ0n) is 15.8. The predicted octanol–water partition coefficient (Wildman–Crippen LogP) is 4.48. The maximum atomic E-state index is 12.3. The Morgan fingerprint density at radius 3 is 2.66 bits per heavy atom. The number of hydrogen-bond donors (Lipinski definition) is 1. The molecule has 0 radical (unpaired) electrons. The number of nitrogens with zero attached hydrogens (tertiary/aromatic N) is 3. The van der Waals surface area contributed by atoms with Crippen LogP contribution < -0.4 is 10.1 Å². The molecule has 6 nitrogen and oxygen atoms in total. The van der Waals surface area contributed by atoms with Gasteiger partial charge in [0.2, 0.25) is 4.96 Å². The summed E-state index contributed by atoms with van der Waals surface area (Å²) in [5, 5.41) is 10.2. The number of nitrogens with one attached hydrogen (secondary N) is 1. The summed E-state index contributed by atoms with van der Waals surface area (Å²) in [6.07, 6.45) is 0.659. The van der Waals surface area contributed by atoms with E-state index < -0.39 is 0 Å². The van der Waals surface area contributed by atoms with Crippen molar-refractivity contribution >= 4 is 33.8 Å². The molecule has 0 atom stereocenters. The summed E-state index contributed by atoms with van der Waals surface area (Å²) in [5.74, 6) is 1.31. The van der Waals surface area contributed by atoms with E-state index >= 15 is 0 Å². The van der Waals surface area contributed by atoms with Crippen LogP contribution in [0, 0.1) is 0 Å². The van der Waals surface area contributed by atoms with Crippen molar-refractivity contribution < 1.29 is 9.53 Å². The second-order valence-electron chi connectivity index (χ2n) is 6.33. The number of rotatable bonds is 7. The maximum Gasteiger partial charge on any atom is 0.251 e. The van der Waals surface area contributed by atoms with Gasteiger partial charge in [0.05, 0.1) is 12.3 Å². The van der Waals surface area contributed by atoms with Gasteiger partial charge in [-0.05, 0) is 55.5 Å². The number of halogens is 1. The van der Waals surface area contributed by atoms with Crippen molar-refractivity contribution in [2.24, 2.45) is 0 Å². The number of thiazole rings is 1. The van der Waals surface area contributed by atoms with Gasteiger partial charge in [-0.2, -0.15) is 4.98 Å². The Balaban J connectivity index is 1.39. The van der Waals surface area contributed by atoms with Crippen LogP contribution in [0.25, 0.3) is 16.3 Å². The number of benzene rings is 2. The quantitative estimate of drug-likeness (QED) is 0.473. The minimum absolute atomic E-state index is 0.111. The SMILES string of the molecule is CCOc1ccc(C(=O)NCCc2csc3nc(-c4ccc(Cl)cc4)nn23)cc1. The third-order valence-electron chi connectivity index (χ3n) is 4.35. The fraction of sp³-hybridized carbons (Fsp3) is 0.190. The van der Waals surface area contributed by atoms with E-state index in [2.05, 4.69) is 15.4 Å². The summed E-state index contributed by atoms with van der Waals surface area (Å²) in [6.45, 7) is 3.03. The van der Waals surface area contributed by atoms with Gasteiger partial charge in [-0.3, -0.25) is 4.79 Å². The van der Waals surface area contributed by atoms with Crippen molar-refractivity contribution in [2.75, 3.05) is 13.2 Å². The molecule has 8 heteroatoms. The normalized spacial score (nSPS) is 11.0. The zero-order valence-corrected chi connectivity index (χ0v) is 17.3. The van der Waals surface area contributed by atoms with Gasteiger partial charge in [0.25, 0.3) is 5.91 Å². The van der Waals surface area contributed by atoms with Crippen LogP contribution in [0.4, 0.5) is 0 Å². The molecule has 0 saturated heterocycles. The van der Waals surface area contributed by atoms with Crippen molar-refractivity contribution in [3.63, 3.8) is 0 Å². The van der Waals surface area contributed by atoms with Crippen LogP contribution in [-0.2, 0) is 6.42 Å². The van der Waals surface area contributed by atoms with Crippen LogP contribution in [0.3, 0.4) is 0 Å². The first-order chi connectivity index (χ1) is 14.1. The van der Waals surface area contributed by atoms with Crippen LogP contribution in [0.5, 0.6) is 5.75 Å². The summed E-state index contributed by atoms with van der Waals surface area (Å²) in [7, 11) is 0. The molecule has 2 aromatic carbocycles. The lowest BCUT2D eigenvalue weighted by atomic mass is 10.2. The predicted molar refractivity (Wildman–Crippen MR) is 115 cm³/mol. The molecule has 0 saturated carbocycles. The number of carbonyl (C=O) groups excluding carboxylic acids is 1. The number of amides is 1. The third kappa shape index (κ3) is 4.41. The molecule has 0 aliphatic heterocycles. The fourth-order valence-corrected chi connectivity index (χ4v) is 3.88. The largest absolute Gasteiger partial charge is 0.494 e. The third-order valence-corrected chi connectivity index (χ3v) is 5.46. The fourth-order valence-electron chi connectivity index (χ4n) is 2.89. The van der Waals surface area contributed by atoms with E-state index in [1.54, 1.807) is 24.3 Å². The highest BCUT2D eigenvalue weighted by Gasteiger charge is 2.12. The maximum absolute atomic E-state index is 12.3. The van der Waals surface area contributed by atoms with E-state index in [1.165, 1.54) is 11.3 Å². The lowest BCUT2D eigenvalue weighted by molar-refractivity contribution is 0.0954. The van der Waals surface area contributed by atoms with E-state index in [4.69, 9.17) is 16.3 Å². The summed E-state index contributed by atoms with van der Waals surface area (Å²) in [5.41, 5.74) is 2.53. The molecule has 2 heterocycles. The molecular formula is C21H19ClN4O2S. The molecule has 2 aromatic heterocycles. The van der Waals surface area contributed by atoms with Crippen LogP contribution in [0.2, 0.25) is 5.02 Å². The summed E-state index contributed by atoms with van der Waals surface area (Å²) >= 11 is 7.48. The summed E-state index contributed by atoms with van der Waals surface area (Å²) in [4.78, 5) is 17.7. The van der Waals surface area contributed by atoms with Crippen molar-refractivity contribution in [3.8, 4) is 17.1 Å². The molecule has 0 aliphatic rings. The van der Waals surface area contributed by atoms with Crippen molar-refractivity contribution in [1.29, 1.82) is 0 Å². The molecule has 1 amide bonds. The Bertz CT molecular complexity index is 1120. The standard InChI is InChI=1S/C21H19ClN4O2S/c1-2-28-18-9-5-15(6-10-18)20(27)23-12-11-17-13-29-21-24-19(25-26(17)21)14-3-7-16(22)8-4-14/h3-10,13H,2,11-12H2,1H3,(H,23,27). The van der Waals surface area contributed by atoms with Gasteiger partial charge >= 0.3 is 0 Å². The van der Waals surface area contributed by atoms with Gasteiger partial charge in [-0.25, -0.2) is 4.52 Å². The smallest absolute Gasteiger partial charge is 0.251 e. The van der Waals surface area contributed by atoms with Gasteiger partial charge < -0.3 is 10.1 Å². The topological polar surface area (TPSA) is 68.5 Å². The number of fused-ring (bicyclic) bond motifs is 1. The van der Waals surface area contributed by atoms with Crippen LogP contribution in [-0.4, -0.2) is 33.7 Å². The molecule has 148 valence electrons. The van der Waals surface area contributed by atoms with E-state index in [0.29, 0.717) is 36.0 Å². The highest BCUT2D eigenvalue weighted by atomic mass is 35.5. The molecule has 1 N–H and O–H groups in total. The molecule has 4 aromatic rings. The minimum atomic E-state index is -0.111. The van der Waals surface area contributed by atoms with E-state index in [0.717, 1.165) is 22.0 Å². The van der Waals surface area contributed by atoms with Crippen LogP contribution in [0.1, 0.15) is 23.0 Å². The Morgan fingerprint density at radius 2 is 1.93 bits per heavy atom. The van der Waals surface area contributed by atoms with Gasteiger partial charge in [0, 0.05) is 34.5 Å². The average Bonchev–Trinajstić information content (AvgIpc) is 3.31. The number of aromatic nitrogens is 3. The van der Waals surface area contributed by atoms with Gasteiger partial charge in [-0.1, -0.05) is 11.6 Å². The van der Waals surface area contributed by atoms with Crippen molar-refractivity contribution in [2.45, 2.75) is 13.3 Å². The van der Waals surface area contributed by atoms with Crippen molar-refractivity contribution in [1.82, 2.24) is 19.9 Å². The highest BCUT2D eigenvalue weighted by molar-refractivity contribution is 7.15. The second kappa shape index (κ2) is 8.63. The number of hydrogen-bond acceptors (Lipinski definition) is 5. The lowest BCUT2D eigenvalue weighted by Gasteiger charge is -2.06. The number of ether oxygens (including phenoxy) is 1. The van der Waals surface area contributed by atoms with E-state index in [9.17, 15) is 4.79 Å². The summed E-state index contributed by atoms with van der Waals surface area (Å²) in [6, 6.07) is 14.6. The Morgan fingerprint density at radius 1 is 1.17 bits per heavy atom. The van der Waals surface area contributed by atoms with Gasteiger partial charge in [-0.15, -0.1) is 16.4 Å². The first-order valence-corrected chi connectivity index (χ1v) is 10.5. The van der Waals surface area contributed by atoms with E-state index in [-0.39, 0.29) is 5.91 Å². The molecule has 0 bridgehead atoms. The monoisotopic (exact) mass is 426 g/mol. The molecular weight excluding hydrogens is 408 g/mol. The summed E-state index contributed by atoms with van der Waals surface area (Å²) < 4.78 is 7.23. The average molecular weight is 427 g/mol. The van der Waals surface area contributed by atoms with Gasteiger partial charge in [0.1, 0.15) is 5.75 Å². The second-order valence-corrected chi connectivity index (χ2v) is 7.60. The molecule has 29 heavy (non-hydrogen) atoms. The molecule has 4 rings (SSSR count). The zero-order chi connectivity index (χ0) is 20.2. The Kier molecular flexibility index (Phi) is 5.78. The lowest BCUT2D eigenvalue weighted by Crippen LogP contribution is -2.25. The minimum Gasteiger partial charge on any atom is -0.494 e. The van der Waals surface area contributed by atoms with Crippen LogP contribution in [0.15, 0.2) is 53.9 Å². The van der Waals surface area contributed by atoms with Crippen LogP contribution >= 0.6 is 22.9 Å². The van der Waals surface area contributed by atoms with E-state index in [1.807, 2.05) is 41.1 Å². The first-order valence-electron chi connectivity index (χ1n) is 9.24. The highest BCUT2D eigenvalue weighted by Crippen LogP contribution is 2.22. The van der Waals surface area contributed by atoms with Crippen molar-refractivity contribution in [3.05, 3.63) is 70.2 Å². The first kappa shape index (κ1) is 19.4. The Hall–Kier alpha value is -2.90. The molecule has 0 unspecified atom stereocenters. The Labute approximate surface area is 177 Å². The molecule has 0 aliphatic carbocycles. The number of carbonyl (C=O) groups is 1. The molecule has 0 fully saturated rings.